The second kappa shape index (κ2) is 5.83. The highest BCUT2D eigenvalue weighted by molar-refractivity contribution is 5.94. The second-order valence-corrected chi connectivity index (χ2v) is 5.96. The summed E-state index contributed by atoms with van der Waals surface area (Å²) in [5.41, 5.74) is 2.36. The number of nitrogens with zero attached hydrogens (tertiary/aromatic N) is 9. The van der Waals surface area contributed by atoms with Crippen molar-refractivity contribution in [3.05, 3.63) is 42.0 Å². The van der Waals surface area contributed by atoms with E-state index in [1.807, 2.05) is 19.1 Å². The molecular formula is C16H13N9O2. The predicted molar refractivity (Wildman–Crippen MR) is 91.7 cm³/mol. The highest BCUT2D eigenvalue weighted by Gasteiger charge is 2.19. The van der Waals surface area contributed by atoms with Crippen molar-refractivity contribution in [3.8, 4) is 17.4 Å². The number of aromatic nitrogens is 9. The highest BCUT2D eigenvalue weighted by Crippen LogP contribution is 2.27. The summed E-state index contributed by atoms with van der Waals surface area (Å²) in [7, 11) is 1.79. The van der Waals surface area contributed by atoms with Gasteiger partial charge in [0.15, 0.2) is 11.3 Å². The molecule has 0 saturated carbocycles. The van der Waals surface area contributed by atoms with E-state index in [1.54, 1.807) is 34.7 Å². The van der Waals surface area contributed by atoms with E-state index in [1.165, 1.54) is 0 Å². The van der Waals surface area contributed by atoms with Gasteiger partial charge in [0.05, 0.1) is 11.6 Å². The fourth-order valence-electron chi connectivity index (χ4n) is 2.77. The summed E-state index contributed by atoms with van der Waals surface area (Å²) >= 11 is 0. The van der Waals surface area contributed by atoms with Crippen LogP contribution in [0.4, 0.5) is 0 Å². The molecule has 0 unspecified atom stereocenters. The first-order valence-corrected chi connectivity index (χ1v) is 8.11. The number of hydrogen-bond donors (Lipinski definition) is 0. The lowest BCUT2D eigenvalue weighted by molar-refractivity contribution is 0.288. The molecule has 11 heteroatoms. The molecule has 0 aliphatic heterocycles. The van der Waals surface area contributed by atoms with Crippen LogP contribution >= 0.6 is 0 Å². The molecule has 5 heterocycles. The molecule has 0 spiro atoms. The summed E-state index contributed by atoms with van der Waals surface area (Å²) in [6, 6.07) is 5.48. The summed E-state index contributed by atoms with van der Waals surface area (Å²) in [4.78, 5) is 4.39. The van der Waals surface area contributed by atoms with Gasteiger partial charge >= 0.3 is 0 Å². The molecule has 5 aromatic rings. The lowest BCUT2D eigenvalue weighted by Gasteiger charge is -2.07. The Hall–Kier alpha value is -3.89. The monoisotopic (exact) mass is 363 g/mol. The lowest BCUT2D eigenvalue weighted by atomic mass is 10.3. The average Bonchev–Trinajstić information content (AvgIpc) is 3.39. The van der Waals surface area contributed by atoms with E-state index in [0.29, 0.717) is 40.0 Å². The Morgan fingerprint density at radius 2 is 2.15 bits per heavy atom. The van der Waals surface area contributed by atoms with Crippen molar-refractivity contribution in [1.29, 1.82) is 0 Å². The van der Waals surface area contributed by atoms with Crippen molar-refractivity contribution in [2.75, 3.05) is 0 Å². The Labute approximate surface area is 151 Å². The van der Waals surface area contributed by atoms with Gasteiger partial charge in [-0.2, -0.15) is 4.52 Å². The quantitative estimate of drug-likeness (QED) is 0.465. The fraction of sp³-hybridized carbons (Fsp3) is 0.188. The first kappa shape index (κ1) is 15.4. The zero-order valence-corrected chi connectivity index (χ0v) is 14.4. The maximum Gasteiger partial charge on any atom is 0.259 e. The Morgan fingerprint density at radius 3 is 2.93 bits per heavy atom. The van der Waals surface area contributed by atoms with Gasteiger partial charge in [0.25, 0.3) is 5.88 Å². The maximum absolute atomic E-state index is 5.88. The van der Waals surface area contributed by atoms with Crippen molar-refractivity contribution in [1.82, 2.24) is 44.9 Å². The molecule has 0 N–H and O–H groups in total. The smallest absolute Gasteiger partial charge is 0.259 e. The largest absolute Gasteiger partial charge is 0.468 e. The van der Waals surface area contributed by atoms with Gasteiger partial charge in [-0.1, -0.05) is 10.4 Å². The van der Waals surface area contributed by atoms with Crippen LogP contribution in [0.1, 0.15) is 11.5 Å². The van der Waals surface area contributed by atoms with Crippen LogP contribution < -0.4 is 4.74 Å². The number of pyridine rings is 1. The van der Waals surface area contributed by atoms with E-state index in [0.717, 1.165) is 5.39 Å². The standard InChI is InChI=1S/C16H13N9O2/c1-9-6-12(22-27-9)15-20-19-14-11-4-3-5-17-13(11)16(21-25(14)15)26-8-10-7-24(2)23-18-10/h3-7H,8H2,1-2H3. The first-order valence-electron chi connectivity index (χ1n) is 8.11. The van der Waals surface area contributed by atoms with Crippen molar-refractivity contribution in [2.24, 2.45) is 7.05 Å². The maximum atomic E-state index is 5.88. The van der Waals surface area contributed by atoms with E-state index < -0.39 is 0 Å². The first-order chi connectivity index (χ1) is 13.2. The van der Waals surface area contributed by atoms with Gasteiger partial charge in [0.1, 0.15) is 23.6 Å². The summed E-state index contributed by atoms with van der Waals surface area (Å²) in [6.07, 6.45) is 3.45. The Kier molecular flexibility index (Phi) is 3.32. The number of aryl methyl sites for hydroxylation is 2. The molecule has 0 radical (unpaired) electrons. The third-order valence-electron chi connectivity index (χ3n) is 3.95. The Morgan fingerprint density at radius 1 is 1.22 bits per heavy atom. The van der Waals surface area contributed by atoms with Gasteiger partial charge in [-0.15, -0.1) is 20.4 Å². The molecule has 0 bridgehead atoms. The van der Waals surface area contributed by atoms with Crippen molar-refractivity contribution in [2.45, 2.75) is 13.5 Å². The SMILES string of the molecule is Cc1cc(-c2nnc3c4cccnc4c(OCc4cn(C)nn4)nn23)no1. The summed E-state index contributed by atoms with van der Waals surface area (Å²) in [5, 5.41) is 25.7. The zero-order valence-electron chi connectivity index (χ0n) is 14.4. The van der Waals surface area contributed by atoms with Crippen molar-refractivity contribution in [3.63, 3.8) is 0 Å². The van der Waals surface area contributed by atoms with Crippen molar-refractivity contribution < 1.29 is 9.26 Å². The van der Waals surface area contributed by atoms with Crippen LogP contribution in [-0.2, 0) is 13.7 Å². The van der Waals surface area contributed by atoms with Gasteiger partial charge in [0, 0.05) is 19.3 Å². The Bertz CT molecular complexity index is 1270. The molecule has 0 aliphatic carbocycles. The molecule has 0 amide bonds. The third-order valence-corrected chi connectivity index (χ3v) is 3.95. The van der Waals surface area contributed by atoms with Crippen LogP contribution in [0.25, 0.3) is 28.1 Å². The normalized spacial score (nSPS) is 11.5. The Balaban J connectivity index is 1.66. The van der Waals surface area contributed by atoms with E-state index in [-0.39, 0.29) is 6.61 Å². The molecule has 134 valence electrons. The van der Waals surface area contributed by atoms with E-state index in [4.69, 9.17) is 9.26 Å². The number of hydrogen-bond acceptors (Lipinski definition) is 9. The minimum absolute atomic E-state index is 0.207. The highest BCUT2D eigenvalue weighted by atomic mass is 16.5. The van der Waals surface area contributed by atoms with Crippen LogP contribution in [0.15, 0.2) is 35.1 Å². The van der Waals surface area contributed by atoms with E-state index in [2.05, 4.69) is 35.7 Å². The number of fused-ring (bicyclic) bond motifs is 3. The number of ether oxygens (including phenoxy) is 1. The molecule has 0 atom stereocenters. The van der Waals surface area contributed by atoms with Gasteiger partial charge in [-0.25, -0.2) is 0 Å². The lowest BCUT2D eigenvalue weighted by Crippen LogP contribution is -2.04. The van der Waals surface area contributed by atoms with E-state index >= 15 is 0 Å². The van der Waals surface area contributed by atoms with Crippen LogP contribution in [-0.4, -0.2) is 44.9 Å². The van der Waals surface area contributed by atoms with Gasteiger partial charge in [-0.05, 0) is 19.1 Å². The number of rotatable bonds is 4. The zero-order chi connectivity index (χ0) is 18.4. The molecule has 27 heavy (non-hydrogen) atoms. The van der Waals surface area contributed by atoms with Crippen LogP contribution in [0.3, 0.4) is 0 Å². The van der Waals surface area contributed by atoms with Gasteiger partial charge in [-0.3, -0.25) is 9.67 Å². The van der Waals surface area contributed by atoms with Gasteiger partial charge in [0.2, 0.25) is 5.82 Å². The van der Waals surface area contributed by atoms with Gasteiger partial charge < -0.3 is 9.26 Å². The molecule has 5 aromatic heterocycles. The minimum Gasteiger partial charge on any atom is -0.468 e. The molecule has 0 fully saturated rings. The predicted octanol–water partition coefficient (Wildman–Crippen LogP) is 1.34. The van der Waals surface area contributed by atoms with E-state index in [9.17, 15) is 0 Å². The third kappa shape index (κ3) is 2.56. The molecule has 0 aliphatic rings. The average molecular weight is 363 g/mol. The van der Waals surface area contributed by atoms with Crippen LogP contribution in [0, 0.1) is 6.92 Å². The van der Waals surface area contributed by atoms with Crippen LogP contribution in [0.2, 0.25) is 0 Å². The molecule has 0 saturated heterocycles. The molecule has 11 nitrogen and oxygen atoms in total. The molecular weight excluding hydrogens is 350 g/mol. The fourth-order valence-corrected chi connectivity index (χ4v) is 2.77. The second-order valence-electron chi connectivity index (χ2n) is 5.96. The van der Waals surface area contributed by atoms with Crippen molar-refractivity contribution >= 4 is 16.6 Å². The topological polar surface area (TPSA) is 122 Å². The summed E-state index contributed by atoms with van der Waals surface area (Å²) in [6.45, 7) is 2.01. The molecule has 5 rings (SSSR count). The summed E-state index contributed by atoms with van der Waals surface area (Å²) in [5.74, 6) is 1.46. The minimum atomic E-state index is 0.207. The summed E-state index contributed by atoms with van der Waals surface area (Å²) < 4.78 is 14.2. The van der Waals surface area contributed by atoms with Crippen LogP contribution in [0.5, 0.6) is 5.88 Å². The molecule has 0 aromatic carbocycles.